The number of rotatable bonds is 1. The van der Waals surface area contributed by atoms with Gasteiger partial charge in [-0.25, -0.2) is 0 Å². The molecule has 0 saturated heterocycles. The van der Waals surface area contributed by atoms with Crippen molar-refractivity contribution in [1.29, 1.82) is 0 Å². The number of hydrogen-bond acceptors (Lipinski definition) is 5. The van der Waals surface area contributed by atoms with Crippen LogP contribution in [-0.4, -0.2) is 40.4 Å². The smallest absolute Gasteiger partial charge is 0.277 e. The van der Waals surface area contributed by atoms with Gasteiger partial charge in [-0.1, -0.05) is 48.5 Å². The van der Waals surface area contributed by atoms with Crippen LogP contribution in [0.5, 0.6) is 11.5 Å². The van der Waals surface area contributed by atoms with Gasteiger partial charge in [0.25, 0.3) is 5.91 Å². The predicted octanol–water partition coefficient (Wildman–Crippen LogP) is 2.09. The van der Waals surface area contributed by atoms with Gasteiger partial charge in [0, 0.05) is 24.9 Å². The summed E-state index contributed by atoms with van der Waals surface area (Å²) >= 11 is 0. The van der Waals surface area contributed by atoms with Crippen LogP contribution < -0.4 is 15.2 Å². The molecular formula is C22H19N3O4. The van der Waals surface area contributed by atoms with Gasteiger partial charge in [-0.2, -0.15) is 0 Å². The number of fused-ring (bicyclic) bond motifs is 4. The van der Waals surface area contributed by atoms with Crippen molar-refractivity contribution in [3.05, 3.63) is 93.9 Å². The van der Waals surface area contributed by atoms with E-state index in [1.54, 1.807) is 17.9 Å². The molecule has 3 heterocycles. The minimum atomic E-state index is -0.584. The SMILES string of the molecule is CN1C(=O)c2c(O)c(=O)ccn2N2[C@H](c3ccccc3)c3ccccc3OC[C@H]12. The lowest BCUT2D eigenvalue weighted by molar-refractivity contribution is 0.0554. The molecule has 0 unspecified atom stereocenters. The van der Waals surface area contributed by atoms with E-state index in [2.05, 4.69) is 0 Å². The second kappa shape index (κ2) is 6.41. The van der Waals surface area contributed by atoms with Crippen molar-refractivity contribution in [3.63, 3.8) is 0 Å². The van der Waals surface area contributed by atoms with Crippen molar-refractivity contribution in [2.24, 2.45) is 0 Å². The van der Waals surface area contributed by atoms with Crippen LogP contribution in [0.25, 0.3) is 0 Å². The molecule has 2 aromatic carbocycles. The third-order valence-corrected chi connectivity index (χ3v) is 5.56. The summed E-state index contributed by atoms with van der Waals surface area (Å²) < 4.78 is 7.67. The molecule has 0 fully saturated rings. The molecule has 7 nitrogen and oxygen atoms in total. The number of para-hydroxylation sites is 1. The number of likely N-dealkylation sites (N-methyl/N-ethyl adjacent to an activating group) is 1. The second-order valence-electron chi connectivity index (χ2n) is 7.16. The Morgan fingerprint density at radius 2 is 1.72 bits per heavy atom. The van der Waals surface area contributed by atoms with Gasteiger partial charge >= 0.3 is 0 Å². The molecule has 5 rings (SSSR count). The minimum absolute atomic E-state index is 0.0448. The topological polar surface area (TPSA) is 75.0 Å². The molecule has 0 radical (unpaired) electrons. The minimum Gasteiger partial charge on any atom is -0.502 e. The first-order valence-electron chi connectivity index (χ1n) is 9.35. The number of hydrogen-bond donors (Lipinski definition) is 1. The van der Waals surface area contributed by atoms with Gasteiger partial charge in [0.2, 0.25) is 5.43 Å². The van der Waals surface area contributed by atoms with Crippen LogP contribution in [0.15, 0.2) is 71.7 Å². The Morgan fingerprint density at radius 3 is 2.52 bits per heavy atom. The molecule has 3 aromatic rings. The number of amides is 1. The Labute approximate surface area is 167 Å². The molecule has 2 aliphatic rings. The summed E-state index contributed by atoms with van der Waals surface area (Å²) in [5.41, 5.74) is 1.31. The summed E-state index contributed by atoms with van der Waals surface area (Å²) in [4.78, 5) is 26.6. The van der Waals surface area contributed by atoms with Crippen molar-refractivity contribution in [2.45, 2.75) is 12.2 Å². The summed E-state index contributed by atoms with van der Waals surface area (Å²) in [6.07, 6.45) is 1.11. The van der Waals surface area contributed by atoms with E-state index in [4.69, 9.17) is 4.74 Å². The fourth-order valence-electron chi connectivity index (χ4n) is 4.13. The highest BCUT2D eigenvalue weighted by molar-refractivity contribution is 5.96. The van der Waals surface area contributed by atoms with E-state index < -0.39 is 23.3 Å². The molecule has 146 valence electrons. The van der Waals surface area contributed by atoms with Gasteiger partial charge in [0.1, 0.15) is 18.4 Å². The maximum absolute atomic E-state index is 13.0. The fourth-order valence-corrected chi connectivity index (χ4v) is 4.13. The second-order valence-corrected chi connectivity index (χ2v) is 7.16. The normalized spacial score (nSPS) is 20.2. The van der Waals surface area contributed by atoms with E-state index in [0.29, 0.717) is 0 Å². The Kier molecular flexibility index (Phi) is 3.84. The van der Waals surface area contributed by atoms with Gasteiger partial charge < -0.3 is 14.7 Å². The van der Waals surface area contributed by atoms with Crippen LogP contribution in [0.1, 0.15) is 27.7 Å². The highest BCUT2D eigenvalue weighted by atomic mass is 16.5. The van der Waals surface area contributed by atoms with Crippen LogP contribution in [0.3, 0.4) is 0 Å². The quantitative estimate of drug-likeness (QED) is 0.690. The Balaban J connectivity index is 1.82. The van der Waals surface area contributed by atoms with Crippen LogP contribution in [0.4, 0.5) is 0 Å². The molecule has 1 aromatic heterocycles. The number of carbonyl (C=O) groups excluding carboxylic acids is 1. The molecule has 0 saturated carbocycles. The Bertz CT molecular complexity index is 1160. The van der Waals surface area contributed by atoms with Crippen molar-refractivity contribution in [2.75, 3.05) is 18.7 Å². The standard InChI is InChI=1S/C22H19N3O4/c1-23-18-13-29-17-10-6-5-9-15(17)19(14-7-3-2-4-8-14)25(18)24-12-11-16(26)21(27)20(24)22(23)28/h2-12,18-19,27H,13H2,1H3/t18-,19-/m1/s1. The van der Waals surface area contributed by atoms with Gasteiger partial charge in [0.05, 0.1) is 0 Å². The Morgan fingerprint density at radius 1 is 1.00 bits per heavy atom. The molecule has 2 aliphatic heterocycles. The monoisotopic (exact) mass is 389 g/mol. The van der Waals surface area contributed by atoms with E-state index in [-0.39, 0.29) is 18.3 Å². The Hall–Kier alpha value is -3.74. The number of carbonyl (C=O) groups is 1. The summed E-state index contributed by atoms with van der Waals surface area (Å²) in [7, 11) is 1.65. The number of aromatic hydroxyl groups is 1. The third-order valence-electron chi connectivity index (χ3n) is 5.56. The zero-order valence-corrected chi connectivity index (χ0v) is 15.7. The molecule has 1 amide bonds. The lowest BCUT2D eigenvalue weighted by Crippen LogP contribution is -2.62. The number of ether oxygens (including phenoxy) is 1. The zero-order chi connectivity index (χ0) is 20.1. The molecule has 0 aliphatic carbocycles. The maximum Gasteiger partial charge on any atom is 0.277 e. The zero-order valence-electron chi connectivity index (χ0n) is 15.7. The molecule has 7 heteroatoms. The third kappa shape index (κ3) is 2.51. The van der Waals surface area contributed by atoms with Gasteiger partial charge in [-0.05, 0) is 11.6 Å². The predicted molar refractivity (Wildman–Crippen MR) is 107 cm³/mol. The molecule has 2 atom stereocenters. The maximum atomic E-state index is 13.0. The number of pyridine rings is 1. The van der Waals surface area contributed by atoms with Crippen LogP contribution >= 0.6 is 0 Å². The lowest BCUT2D eigenvalue weighted by Gasteiger charge is -2.47. The number of aromatic nitrogens is 1. The van der Waals surface area contributed by atoms with E-state index in [0.717, 1.165) is 16.9 Å². The van der Waals surface area contributed by atoms with Gasteiger partial charge in [0.15, 0.2) is 17.6 Å². The average Bonchev–Trinajstić information content (AvgIpc) is 2.92. The lowest BCUT2D eigenvalue weighted by atomic mass is 9.97. The van der Waals surface area contributed by atoms with E-state index >= 15 is 0 Å². The highest BCUT2D eigenvalue weighted by Crippen LogP contribution is 2.40. The summed E-state index contributed by atoms with van der Waals surface area (Å²) in [6.45, 7) is 0.245. The highest BCUT2D eigenvalue weighted by Gasteiger charge is 2.44. The molecular weight excluding hydrogens is 370 g/mol. The van der Waals surface area contributed by atoms with Crippen LogP contribution in [0, 0.1) is 0 Å². The van der Waals surface area contributed by atoms with Gasteiger partial charge in [-0.3, -0.25) is 19.3 Å². The largest absolute Gasteiger partial charge is 0.502 e. The summed E-state index contributed by atoms with van der Waals surface area (Å²) in [5.74, 6) is -0.237. The average molecular weight is 389 g/mol. The first kappa shape index (κ1) is 17.4. The fraction of sp³-hybridized carbons (Fsp3) is 0.182. The summed E-state index contributed by atoms with van der Waals surface area (Å²) in [5, 5.41) is 12.4. The first-order chi connectivity index (χ1) is 14.1. The van der Waals surface area contributed by atoms with Crippen molar-refractivity contribution in [1.82, 2.24) is 9.58 Å². The van der Waals surface area contributed by atoms with Crippen molar-refractivity contribution >= 4 is 5.91 Å². The summed E-state index contributed by atoms with van der Waals surface area (Å²) in [6, 6.07) is 18.6. The van der Waals surface area contributed by atoms with Crippen LogP contribution in [0.2, 0.25) is 0 Å². The van der Waals surface area contributed by atoms with E-state index in [9.17, 15) is 14.7 Å². The van der Waals surface area contributed by atoms with E-state index in [1.165, 1.54) is 11.0 Å². The van der Waals surface area contributed by atoms with Crippen molar-refractivity contribution < 1.29 is 14.6 Å². The molecule has 0 bridgehead atoms. The van der Waals surface area contributed by atoms with Crippen molar-refractivity contribution in [3.8, 4) is 11.5 Å². The van der Waals surface area contributed by atoms with Gasteiger partial charge in [-0.15, -0.1) is 0 Å². The molecule has 29 heavy (non-hydrogen) atoms. The molecule has 1 N–H and O–H groups in total. The first-order valence-corrected chi connectivity index (χ1v) is 9.35. The number of nitrogens with zero attached hydrogens (tertiary/aromatic N) is 3. The van der Waals surface area contributed by atoms with E-state index in [1.807, 2.05) is 59.6 Å². The van der Waals surface area contributed by atoms with Crippen LogP contribution in [-0.2, 0) is 0 Å². The molecule has 0 spiro atoms. The number of benzene rings is 2.